The van der Waals surface area contributed by atoms with Gasteiger partial charge in [0.1, 0.15) is 0 Å². The van der Waals surface area contributed by atoms with Crippen LogP contribution in [0.1, 0.15) is 17.5 Å². The molecular formula is C13H19NO2. The minimum atomic E-state index is 0.123. The van der Waals surface area contributed by atoms with E-state index in [9.17, 15) is 0 Å². The number of hydrogen-bond acceptors (Lipinski definition) is 3. The molecule has 1 unspecified atom stereocenters. The molecule has 0 spiro atoms. The average molecular weight is 221 g/mol. The molecule has 1 aromatic rings. The van der Waals surface area contributed by atoms with Crippen molar-refractivity contribution in [1.29, 1.82) is 0 Å². The second-order valence-corrected chi connectivity index (χ2v) is 4.24. The molecule has 16 heavy (non-hydrogen) atoms. The molecule has 1 aliphatic rings. The van der Waals surface area contributed by atoms with Crippen LogP contribution in [0.2, 0.25) is 0 Å². The van der Waals surface area contributed by atoms with Gasteiger partial charge in [0.25, 0.3) is 0 Å². The first kappa shape index (κ1) is 11.6. The van der Waals surface area contributed by atoms with Gasteiger partial charge in [-0.3, -0.25) is 0 Å². The van der Waals surface area contributed by atoms with Crippen molar-refractivity contribution in [1.82, 2.24) is 5.32 Å². The minimum absolute atomic E-state index is 0.123. The van der Waals surface area contributed by atoms with Crippen molar-refractivity contribution < 1.29 is 9.84 Å². The Kier molecular flexibility index (Phi) is 4.34. The number of aliphatic hydroxyl groups excluding tert-OH is 1. The lowest BCUT2D eigenvalue weighted by molar-refractivity contribution is 0.190. The van der Waals surface area contributed by atoms with Gasteiger partial charge in [0.15, 0.2) is 0 Å². The molecule has 1 saturated heterocycles. The highest BCUT2D eigenvalue weighted by molar-refractivity contribution is 5.22. The largest absolute Gasteiger partial charge is 0.392 e. The molecular weight excluding hydrogens is 202 g/mol. The zero-order valence-electron chi connectivity index (χ0n) is 9.48. The summed E-state index contributed by atoms with van der Waals surface area (Å²) in [6.07, 6.45) is 2.16. The molecule has 2 rings (SSSR count). The molecule has 1 heterocycles. The van der Waals surface area contributed by atoms with Gasteiger partial charge in [-0.15, -0.1) is 0 Å². The quantitative estimate of drug-likeness (QED) is 0.782. The fraction of sp³-hybridized carbons (Fsp3) is 0.538. The number of ether oxygens (including phenoxy) is 1. The molecule has 0 radical (unpaired) electrons. The van der Waals surface area contributed by atoms with E-state index in [1.165, 1.54) is 5.56 Å². The Morgan fingerprint density at radius 2 is 2.00 bits per heavy atom. The van der Waals surface area contributed by atoms with E-state index in [2.05, 4.69) is 17.4 Å². The topological polar surface area (TPSA) is 41.5 Å². The van der Waals surface area contributed by atoms with E-state index in [1.54, 1.807) is 0 Å². The molecule has 0 aliphatic carbocycles. The summed E-state index contributed by atoms with van der Waals surface area (Å²) in [7, 11) is 0. The number of benzene rings is 1. The second kappa shape index (κ2) is 5.99. The highest BCUT2D eigenvalue weighted by Crippen LogP contribution is 2.06. The van der Waals surface area contributed by atoms with Crippen molar-refractivity contribution in [3.63, 3.8) is 0 Å². The van der Waals surface area contributed by atoms with Crippen LogP contribution in [0.15, 0.2) is 24.3 Å². The van der Waals surface area contributed by atoms with Gasteiger partial charge in [-0.2, -0.15) is 0 Å². The fourth-order valence-corrected chi connectivity index (χ4v) is 1.93. The highest BCUT2D eigenvalue weighted by atomic mass is 16.5. The van der Waals surface area contributed by atoms with Gasteiger partial charge < -0.3 is 15.2 Å². The molecule has 3 nitrogen and oxygen atoms in total. The minimum Gasteiger partial charge on any atom is -0.392 e. The predicted octanol–water partition coefficient (Wildman–Crippen LogP) is 1.10. The van der Waals surface area contributed by atoms with E-state index in [1.807, 2.05) is 12.1 Å². The van der Waals surface area contributed by atoms with Crippen molar-refractivity contribution in [2.45, 2.75) is 25.5 Å². The van der Waals surface area contributed by atoms with Crippen molar-refractivity contribution in [2.24, 2.45) is 0 Å². The predicted molar refractivity (Wildman–Crippen MR) is 63.3 cm³/mol. The van der Waals surface area contributed by atoms with E-state index in [0.717, 1.165) is 38.2 Å². The summed E-state index contributed by atoms with van der Waals surface area (Å²) < 4.78 is 5.30. The maximum absolute atomic E-state index is 8.92. The molecule has 1 aromatic carbocycles. The van der Waals surface area contributed by atoms with Crippen LogP contribution in [0, 0.1) is 0 Å². The third kappa shape index (κ3) is 3.30. The molecule has 3 heteroatoms. The van der Waals surface area contributed by atoms with Crippen LogP contribution in [0.3, 0.4) is 0 Å². The van der Waals surface area contributed by atoms with Crippen molar-refractivity contribution in [3.8, 4) is 0 Å². The maximum Gasteiger partial charge on any atom is 0.0681 e. The Morgan fingerprint density at radius 3 is 2.62 bits per heavy atom. The van der Waals surface area contributed by atoms with E-state index >= 15 is 0 Å². The van der Waals surface area contributed by atoms with Crippen LogP contribution in [-0.2, 0) is 17.8 Å². The first-order valence-corrected chi connectivity index (χ1v) is 5.88. The number of hydrogen-bond donors (Lipinski definition) is 2. The monoisotopic (exact) mass is 221 g/mol. The summed E-state index contributed by atoms with van der Waals surface area (Å²) in [6, 6.07) is 8.66. The van der Waals surface area contributed by atoms with Crippen LogP contribution in [0.5, 0.6) is 0 Å². The first-order valence-electron chi connectivity index (χ1n) is 5.88. The SMILES string of the molecule is OCc1ccc(CCNC2CCOC2)cc1. The molecule has 0 bridgehead atoms. The van der Waals surface area contributed by atoms with Crippen LogP contribution >= 0.6 is 0 Å². The molecule has 2 N–H and O–H groups in total. The zero-order chi connectivity index (χ0) is 11.2. The summed E-state index contributed by atoms with van der Waals surface area (Å²) in [5.74, 6) is 0. The van der Waals surface area contributed by atoms with Crippen molar-refractivity contribution in [2.75, 3.05) is 19.8 Å². The van der Waals surface area contributed by atoms with Gasteiger partial charge in [0.05, 0.1) is 13.2 Å². The average Bonchev–Trinajstić information content (AvgIpc) is 2.83. The number of aliphatic hydroxyl groups is 1. The van der Waals surface area contributed by atoms with Crippen molar-refractivity contribution in [3.05, 3.63) is 35.4 Å². The van der Waals surface area contributed by atoms with Crippen molar-refractivity contribution >= 4 is 0 Å². The summed E-state index contributed by atoms with van der Waals surface area (Å²) in [5, 5.41) is 12.4. The van der Waals surface area contributed by atoms with Gasteiger partial charge in [0.2, 0.25) is 0 Å². The lowest BCUT2D eigenvalue weighted by atomic mass is 10.1. The molecule has 1 atom stereocenters. The molecule has 0 aromatic heterocycles. The molecule has 88 valence electrons. The maximum atomic E-state index is 8.92. The van der Waals surface area contributed by atoms with Gasteiger partial charge in [-0.05, 0) is 30.5 Å². The zero-order valence-corrected chi connectivity index (χ0v) is 9.48. The van der Waals surface area contributed by atoms with Gasteiger partial charge in [-0.1, -0.05) is 24.3 Å². The standard InChI is InChI=1S/C13H19NO2/c15-9-12-3-1-11(2-4-12)5-7-14-13-6-8-16-10-13/h1-4,13-15H,5-10H2. The molecule has 0 saturated carbocycles. The Morgan fingerprint density at radius 1 is 1.25 bits per heavy atom. The summed E-state index contributed by atoms with van der Waals surface area (Å²) in [6.45, 7) is 2.86. The fourth-order valence-electron chi connectivity index (χ4n) is 1.93. The third-order valence-corrected chi connectivity index (χ3v) is 2.98. The van der Waals surface area contributed by atoms with E-state index < -0.39 is 0 Å². The lowest BCUT2D eigenvalue weighted by Crippen LogP contribution is -2.30. The number of rotatable bonds is 5. The first-order chi connectivity index (χ1) is 7.88. The summed E-state index contributed by atoms with van der Waals surface area (Å²) >= 11 is 0. The second-order valence-electron chi connectivity index (χ2n) is 4.24. The van der Waals surface area contributed by atoms with E-state index in [-0.39, 0.29) is 6.61 Å². The Bertz CT molecular complexity index is 304. The molecule has 0 amide bonds. The molecule has 1 aliphatic heterocycles. The normalized spacial score (nSPS) is 20.2. The Labute approximate surface area is 96.4 Å². The van der Waals surface area contributed by atoms with Crippen LogP contribution in [0.4, 0.5) is 0 Å². The van der Waals surface area contributed by atoms with E-state index in [4.69, 9.17) is 9.84 Å². The summed E-state index contributed by atoms with van der Waals surface area (Å²) in [5.41, 5.74) is 2.28. The van der Waals surface area contributed by atoms with Crippen LogP contribution in [0.25, 0.3) is 0 Å². The van der Waals surface area contributed by atoms with Gasteiger partial charge >= 0.3 is 0 Å². The summed E-state index contributed by atoms with van der Waals surface area (Å²) in [4.78, 5) is 0. The third-order valence-electron chi connectivity index (χ3n) is 2.98. The van der Waals surface area contributed by atoms with Gasteiger partial charge in [-0.25, -0.2) is 0 Å². The van der Waals surface area contributed by atoms with Gasteiger partial charge in [0, 0.05) is 12.6 Å². The number of nitrogens with one attached hydrogen (secondary N) is 1. The smallest absolute Gasteiger partial charge is 0.0681 e. The highest BCUT2D eigenvalue weighted by Gasteiger charge is 2.13. The Balaban J connectivity index is 1.71. The van der Waals surface area contributed by atoms with Crippen LogP contribution < -0.4 is 5.32 Å². The lowest BCUT2D eigenvalue weighted by Gasteiger charge is -2.10. The molecule has 1 fully saturated rings. The van der Waals surface area contributed by atoms with E-state index in [0.29, 0.717) is 6.04 Å². The van der Waals surface area contributed by atoms with Crippen LogP contribution in [-0.4, -0.2) is 30.9 Å². The Hall–Kier alpha value is -0.900.